The Hall–Kier alpha value is -4.74. The minimum atomic E-state index is -0.621. The van der Waals surface area contributed by atoms with Crippen LogP contribution in [-0.4, -0.2) is 50.0 Å². The molecule has 12 heteroatoms. The second kappa shape index (κ2) is 9.18. The van der Waals surface area contributed by atoms with Gasteiger partial charge in [-0.15, -0.1) is 10.2 Å². The monoisotopic (exact) mass is 447 g/mol. The first-order valence-corrected chi connectivity index (χ1v) is 9.76. The Balaban J connectivity index is 1.80. The quantitative estimate of drug-likeness (QED) is 0.229. The molecule has 0 amide bonds. The molecule has 1 aromatic carbocycles. The highest BCUT2D eigenvalue weighted by atomic mass is 16.5. The molecule has 0 aliphatic carbocycles. The molecule has 0 bridgehead atoms. The number of hydrogen-bond donors (Lipinski definition) is 4. The van der Waals surface area contributed by atoms with E-state index >= 15 is 0 Å². The Bertz CT molecular complexity index is 1290. The minimum absolute atomic E-state index is 0.0336. The summed E-state index contributed by atoms with van der Waals surface area (Å²) in [4.78, 5) is 19.7. The average Bonchev–Trinajstić information content (AvgIpc) is 3.24. The van der Waals surface area contributed by atoms with Crippen LogP contribution < -0.4 is 26.2 Å². The van der Waals surface area contributed by atoms with Crippen molar-refractivity contribution in [2.75, 3.05) is 19.5 Å². The number of ether oxygens (including phenoxy) is 2. The van der Waals surface area contributed by atoms with Gasteiger partial charge in [0.1, 0.15) is 11.9 Å². The number of rotatable bonds is 8. The third-order valence-corrected chi connectivity index (χ3v) is 4.74. The molecule has 0 aliphatic rings. The maximum absolute atomic E-state index is 12.6. The minimum Gasteiger partial charge on any atom is -0.481 e. The van der Waals surface area contributed by atoms with E-state index in [9.17, 15) is 4.79 Å². The second-order valence-electron chi connectivity index (χ2n) is 6.86. The highest BCUT2D eigenvalue weighted by Gasteiger charge is 2.22. The summed E-state index contributed by atoms with van der Waals surface area (Å²) in [5, 5.41) is 23.1. The van der Waals surface area contributed by atoms with Crippen LogP contribution >= 0.6 is 0 Å². The lowest BCUT2D eigenvalue weighted by Crippen LogP contribution is -2.17. The third kappa shape index (κ3) is 4.63. The van der Waals surface area contributed by atoms with Gasteiger partial charge >= 0.3 is 5.69 Å². The summed E-state index contributed by atoms with van der Waals surface area (Å²) in [6, 6.07) is 13.1. The number of hydrogen-bond acceptors (Lipinski definition) is 9. The molecule has 33 heavy (non-hydrogen) atoms. The number of amidine groups is 1. The Morgan fingerprint density at radius 3 is 2.42 bits per heavy atom. The molecule has 12 nitrogen and oxygen atoms in total. The van der Waals surface area contributed by atoms with E-state index in [2.05, 4.69) is 30.6 Å². The van der Waals surface area contributed by atoms with Gasteiger partial charge in [-0.1, -0.05) is 0 Å². The van der Waals surface area contributed by atoms with E-state index in [-0.39, 0.29) is 11.7 Å². The fourth-order valence-electron chi connectivity index (χ4n) is 3.13. The van der Waals surface area contributed by atoms with Crippen LogP contribution in [0.25, 0.3) is 5.82 Å². The Morgan fingerprint density at radius 1 is 1.15 bits per heavy atom. The van der Waals surface area contributed by atoms with Crippen molar-refractivity contribution in [2.45, 2.75) is 6.04 Å². The maximum atomic E-state index is 12.6. The van der Waals surface area contributed by atoms with E-state index < -0.39 is 11.7 Å². The highest BCUT2D eigenvalue weighted by Crippen LogP contribution is 2.29. The van der Waals surface area contributed by atoms with Crippen molar-refractivity contribution in [3.63, 3.8) is 0 Å². The second-order valence-corrected chi connectivity index (χ2v) is 6.86. The molecular formula is C21H21N9O3. The average molecular weight is 447 g/mol. The maximum Gasteiger partial charge on any atom is 0.349 e. The molecule has 0 saturated carbocycles. The van der Waals surface area contributed by atoms with Crippen molar-refractivity contribution in [1.82, 2.24) is 29.9 Å². The lowest BCUT2D eigenvalue weighted by Gasteiger charge is -2.19. The van der Waals surface area contributed by atoms with Gasteiger partial charge in [0.2, 0.25) is 11.8 Å². The molecule has 0 saturated heterocycles. The van der Waals surface area contributed by atoms with Crippen LogP contribution in [0.15, 0.2) is 59.5 Å². The molecule has 0 spiro atoms. The van der Waals surface area contributed by atoms with Crippen LogP contribution in [0.2, 0.25) is 0 Å². The summed E-state index contributed by atoms with van der Waals surface area (Å²) >= 11 is 0. The van der Waals surface area contributed by atoms with Gasteiger partial charge in [0, 0.05) is 29.6 Å². The molecule has 0 fully saturated rings. The first-order chi connectivity index (χ1) is 16.0. The van der Waals surface area contributed by atoms with E-state index in [1.807, 2.05) is 0 Å². The standard InChI is InChI=1S/C21H21N9O3/c1-32-16-10-13(11-17(26-16)33-2)18(25-14-7-5-12(6-8-14)19(22)23)20-27-21(31)30(29-20)15-4-3-9-24-28-15/h3-11,18,25H,1-2H3,(H3,22,23)(H,27,29,31)/t18-/m0/s1. The Labute approximate surface area is 187 Å². The van der Waals surface area contributed by atoms with Crippen molar-refractivity contribution in [2.24, 2.45) is 5.73 Å². The van der Waals surface area contributed by atoms with Crippen molar-refractivity contribution in [3.05, 3.63) is 82.2 Å². The summed E-state index contributed by atoms with van der Waals surface area (Å²) in [6.45, 7) is 0. The predicted molar refractivity (Wildman–Crippen MR) is 120 cm³/mol. The van der Waals surface area contributed by atoms with Gasteiger partial charge < -0.3 is 20.5 Å². The topological polar surface area (TPSA) is 170 Å². The molecule has 1 atom stereocenters. The van der Waals surface area contributed by atoms with Crippen LogP contribution in [-0.2, 0) is 0 Å². The summed E-state index contributed by atoms with van der Waals surface area (Å²) in [5.74, 6) is 1.22. The van der Waals surface area contributed by atoms with Crippen molar-refractivity contribution >= 4 is 11.5 Å². The molecule has 0 unspecified atom stereocenters. The number of nitrogen functional groups attached to an aromatic ring is 1. The van der Waals surface area contributed by atoms with Gasteiger partial charge in [0.15, 0.2) is 11.6 Å². The fourth-order valence-corrected chi connectivity index (χ4v) is 3.13. The number of anilines is 1. The fraction of sp³-hybridized carbons (Fsp3) is 0.143. The van der Waals surface area contributed by atoms with Crippen LogP contribution in [0.1, 0.15) is 23.0 Å². The smallest absolute Gasteiger partial charge is 0.349 e. The zero-order valence-corrected chi connectivity index (χ0v) is 17.8. The number of aromatic amines is 1. The number of H-pyrrole nitrogens is 1. The summed E-state index contributed by atoms with van der Waals surface area (Å²) in [5.41, 5.74) is 7.04. The number of aromatic nitrogens is 6. The third-order valence-electron chi connectivity index (χ3n) is 4.74. The SMILES string of the molecule is COc1cc([C@H](Nc2ccc(C(=N)N)cc2)c2nn(-c3cccnn3)c(=O)[nH]2)cc(OC)n1. The lowest BCUT2D eigenvalue weighted by molar-refractivity contribution is 0.363. The molecular weight excluding hydrogens is 426 g/mol. The molecule has 0 aliphatic heterocycles. The van der Waals surface area contributed by atoms with Gasteiger partial charge in [0.05, 0.1) is 14.2 Å². The lowest BCUT2D eigenvalue weighted by atomic mass is 10.1. The van der Waals surface area contributed by atoms with Crippen molar-refractivity contribution < 1.29 is 9.47 Å². The summed E-state index contributed by atoms with van der Waals surface area (Å²) < 4.78 is 11.7. The number of nitrogens with two attached hydrogens (primary N) is 1. The number of methoxy groups -OCH3 is 2. The van der Waals surface area contributed by atoms with Gasteiger partial charge in [-0.25, -0.2) is 4.79 Å². The van der Waals surface area contributed by atoms with E-state index in [1.54, 1.807) is 48.5 Å². The molecule has 3 heterocycles. The number of benzene rings is 1. The normalized spacial score (nSPS) is 11.6. The predicted octanol–water partition coefficient (Wildman–Crippen LogP) is 1.25. The molecule has 5 N–H and O–H groups in total. The Kier molecular flexibility index (Phi) is 5.98. The Morgan fingerprint density at radius 2 is 1.85 bits per heavy atom. The van der Waals surface area contributed by atoms with Crippen LogP contribution in [0.4, 0.5) is 5.69 Å². The van der Waals surface area contributed by atoms with Crippen LogP contribution in [0.3, 0.4) is 0 Å². The molecule has 168 valence electrons. The molecule has 4 aromatic rings. The first-order valence-electron chi connectivity index (χ1n) is 9.76. The highest BCUT2D eigenvalue weighted by molar-refractivity contribution is 5.95. The van der Waals surface area contributed by atoms with Gasteiger partial charge in [-0.2, -0.15) is 14.8 Å². The zero-order chi connectivity index (χ0) is 23.4. The largest absolute Gasteiger partial charge is 0.481 e. The summed E-state index contributed by atoms with van der Waals surface area (Å²) in [7, 11) is 3.00. The van der Waals surface area contributed by atoms with E-state index in [0.717, 1.165) is 4.68 Å². The van der Waals surface area contributed by atoms with Crippen molar-refractivity contribution in [1.29, 1.82) is 5.41 Å². The first kappa shape index (κ1) is 21.5. The van der Waals surface area contributed by atoms with E-state index in [0.29, 0.717) is 34.4 Å². The molecule has 0 radical (unpaired) electrons. The van der Waals surface area contributed by atoms with Crippen LogP contribution in [0.5, 0.6) is 11.8 Å². The molecule has 3 aromatic heterocycles. The van der Waals surface area contributed by atoms with Gasteiger partial charge in [-0.3, -0.25) is 10.4 Å². The zero-order valence-electron chi connectivity index (χ0n) is 17.8. The molecule has 4 rings (SSSR count). The summed E-state index contributed by atoms with van der Waals surface area (Å²) in [6.07, 6.45) is 1.51. The number of nitrogens with one attached hydrogen (secondary N) is 3. The van der Waals surface area contributed by atoms with Crippen LogP contribution in [0, 0.1) is 5.41 Å². The van der Waals surface area contributed by atoms with Gasteiger partial charge in [-0.05, 0) is 42.0 Å². The number of pyridine rings is 1. The van der Waals surface area contributed by atoms with E-state index in [1.165, 1.54) is 20.4 Å². The van der Waals surface area contributed by atoms with Gasteiger partial charge in [0.25, 0.3) is 0 Å². The number of nitrogens with zero attached hydrogens (tertiary/aromatic N) is 5. The van der Waals surface area contributed by atoms with Crippen molar-refractivity contribution in [3.8, 4) is 17.6 Å². The van der Waals surface area contributed by atoms with E-state index in [4.69, 9.17) is 20.6 Å².